The second kappa shape index (κ2) is 9.01. The van der Waals surface area contributed by atoms with E-state index in [0.717, 1.165) is 28.6 Å². The number of nitrogens with two attached hydrogens (primary N) is 1. The molecule has 25 heavy (non-hydrogen) atoms. The molecule has 3 N–H and O–H groups in total. The van der Waals surface area contributed by atoms with Crippen LogP contribution in [0.3, 0.4) is 0 Å². The van der Waals surface area contributed by atoms with Crippen LogP contribution in [0, 0.1) is 0 Å². The summed E-state index contributed by atoms with van der Waals surface area (Å²) in [6, 6.07) is 16.3. The van der Waals surface area contributed by atoms with Crippen LogP contribution < -0.4 is 10.9 Å². The Morgan fingerprint density at radius 1 is 1.24 bits per heavy atom. The van der Waals surface area contributed by atoms with E-state index in [9.17, 15) is 0 Å². The van der Waals surface area contributed by atoms with Gasteiger partial charge in [-0.3, -0.25) is 9.78 Å². The molecule has 0 saturated carbocycles. The van der Waals surface area contributed by atoms with Gasteiger partial charge >= 0.3 is 0 Å². The van der Waals surface area contributed by atoms with Gasteiger partial charge in [0.05, 0.1) is 22.8 Å². The molecule has 0 atom stereocenters. The van der Waals surface area contributed by atoms with Crippen LogP contribution in [-0.4, -0.2) is 16.6 Å². The van der Waals surface area contributed by atoms with E-state index in [2.05, 4.69) is 36.2 Å². The number of aromatic nitrogens is 1. The highest BCUT2D eigenvalue weighted by atomic mass is 35.5. The first kappa shape index (κ1) is 18.7. The Morgan fingerprint density at radius 2 is 1.96 bits per heavy atom. The van der Waals surface area contributed by atoms with Gasteiger partial charge in [0.15, 0.2) is 0 Å². The van der Waals surface area contributed by atoms with E-state index in [1.807, 2.05) is 24.3 Å². The maximum Gasteiger partial charge on any atom is 0.290 e. The average Bonchev–Trinajstić information content (AvgIpc) is 2.62. The van der Waals surface area contributed by atoms with Crippen molar-refractivity contribution in [2.24, 2.45) is 5.84 Å². The highest BCUT2D eigenvalue weighted by molar-refractivity contribution is 6.31. The maximum atomic E-state index is 8.36. The van der Waals surface area contributed by atoms with E-state index < -0.39 is 0 Å². The summed E-state index contributed by atoms with van der Waals surface area (Å²) in [5, 5.41) is 10.4. The van der Waals surface area contributed by atoms with Crippen LogP contribution in [0.5, 0.6) is 0 Å². The van der Waals surface area contributed by atoms with Crippen LogP contribution in [0.15, 0.2) is 54.7 Å². The van der Waals surface area contributed by atoms with Gasteiger partial charge in [0.25, 0.3) is 6.47 Å². The lowest BCUT2D eigenvalue weighted by molar-refractivity contribution is -0.122. The molecule has 0 aliphatic carbocycles. The number of nitrogens with zero attached hydrogens (tertiary/aromatic N) is 2. The summed E-state index contributed by atoms with van der Waals surface area (Å²) in [5.74, 6) is 6.27. The number of hydrogen-bond acceptors (Lipinski definition) is 4. The van der Waals surface area contributed by atoms with Crippen molar-refractivity contribution in [2.45, 2.75) is 19.9 Å². The highest BCUT2D eigenvalue weighted by Crippen LogP contribution is 2.22. The smallest absolute Gasteiger partial charge is 0.290 e. The number of benzene rings is 2. The Kier molecular flexibility index (Phi) is 6.74. The summed E-state index contributed by atoms with van der Waals surface area (Å²) in [6.45, 7) is 2.52. The molecule has 5 nitrogen and oxygen atoms in total. The van der Waals surface area contributed by atoms with Gasteiger partial charge in [0.2, 0.25) is 0 Å². The minimum absolute atomic E-state index is 0.250. The van der Waals surface area contributed by atoms with Gasteiger partial charge in [-0.05, 0) is 41.8 Å². The Bertz CT molecular complexity index is 855. The summed E-state index contributed by atoms with van der Waals surface area (Å²) < 4.78 is 0. The van der Waals surface area contributed by atoms with Crippen LogP contribution in [0.25, 0.3) is 10.9 Å². The molecular weight excluding hydrogens is 338 g/mol. The summed E-state index contributed by atoms with van der Waals surface area (Å²) in [7, 11) is 0. The van der Waals surface area contributed by atoms with Crippen LogP contribution in [-0.2, 0) is 17.8 Å². The molecule has 1 aromatic heterocycles. The van der Waals surface area contributed by atoms with Crippen molar-refractivity contribution >= 4 is 34.7 Å². The number of halogens is 1. The van der Waals surface area contributed by atoms with Gasteiger partial charge < -0.3 is 10.1 Å². The number of hydrogen-bond donors (Lipinski definition) is 2. The number of aryl methyl sites for hydroxylation is 1. The number of rotatable bonds is 4. The minimum atomic E-state index is -0.250. The summed E-state index contributed by atoms with van der Waals surface area (Å²) >= 11 is 6.01. The Morgan fingerprint density at radius 3 is 2.68 bits per heavy atom. The van der Waals surface area contributed by atoms with Crippen molar-refractivity contribution < 1.29 is 9.90 Å². The molecule has 0 unspecified atom stereocenters. The molecule has 1 heterocycles. The topological polar surface area (TPSA) is 79.5 Å². The number of fused-ring (bicyclic) bond motifs is 1. The lowest BCUT2D eigenvalue weighted by Gasteiger charge is -2.21. The Balaban J connectivity index is 0.000000701. The van der Waals surface area contributed by atoms with E-state index in [1.54, 1.807) is 11.2 Å². The van der Waals surface area contributed by atoms with Crippen LogP contribution in [0.4, 0.5) is 5.69 Å². The lowest BCUT2D eigenvalue weighted by atomic mass is 10.1. The first-order chi connectivity index (χ1) is 12.1. The number of para-hydroxylation sites is 1. The maximum absolute atomic E-state index is 8.36. The largest absolute Gasteiger partial charge is 0.483 e. The van der Waals surface area contributed by atoms with Crippen molar-refractivity contribution in [3.63, 3.8) is 0 Å². The number of carbonyl (C=O) groups is 1. The molecule has 2 aromatic carbocycles. The third kappa shape index (κ3) is 4.92. The molecule has 6 heteroatoms. The predicted molar refractivity (Wildman–Crippen MR) is 102 cm³/mol. The zero-order valence-electron chi connectivity index (χ0n) is 13.9. The third-order valence-corrected chi connectivity index (χ3v) is 3.95. The Labute approximate surface area is 151 Å². The molecule has 0 amide bonds. The fourth-order valence-electron chi connectivity index (χ4n) is 2.62. The zero-order valence-corrected chi connectivity index (χ0v) is 14.6. The highest BCUT2D eigenvalue weighted by Gasteiger charge is 2.08. The zero-order chi connectivity index (χ0) is 18.2. The standard InChI is InChI=1S/C18H18ClN3.CH2O2/c1-2-14-5-3-4-6-18(14)22(20)12-13-7-8-17-15(9-13)10-16(19)11-21-17;2-1-3/h3-11H,2,12,20H2,1H3;1H,(H,2,3). The Hall–Kier alpha value is -2.63. The fourth-order valence-corrected chi connectivity index (χ4v) is 2.79. The molecule has 130 valence electrons. The first-order valence-corrected chi connectivity index (χ1v) is 8.19. The van der Waals surface area contributed by atoms with Crippen LogP contribution in [0.1, 0.15) is 18.1 Å². The van der Waals surface area contributed by atoms with Crippen molar-refractivity contribution in [3.05, 3.63) is 70.9 Å². The molecule has 0 bridgehead atoms. The fraction of sp³-hybridized carbons (Fsp3) is 0.158. The van der Waals surface area contributed by atoms with Gasteiger partial charge in [0.1, 0.15) is 0 Å². The van der Waals surface area contributed by atoms with E-state index in [4.69, 9.17) is 27.3 Å². The van der Waals surface area contributed by atoms with Crippen molar-refractivity contribution in [1.82, 2.24) is 4.98 Å². The average molecular weight is 358 g/mol. The molecule has 0 spiro atoms. The van der Waals surface area contributed by atoms with Gasteiger partial charge in [0, 0.05) is 11.6 Å². The summed E-state index contributed by atoms with van der Waals surface area (Å²) in [6.07, 6.45) is 2.62. The molecule has 0 aliphatic heterocycles. The van der Waals surface area contributed by atoms with E-state index >= 15 is 0 Å². The summed E-state index contributed by atoms with van der Waals surface area (Å²) in [5.41, 5.74) is 4.38. The van der Waals surface area contributed by atoms with Crippen molar-refractivity contribution in [2.75, 3.05) is 5.01 Å². The number of carboxylic acid groups (broad SMARTS) is 1. The molecule has 3 aromatic rings. The monoisotopic (exact) mass is 357 g/mol. The predicted octanol–water partition coefficient (Wildman–Crippen LogP) is 4.03. The summed E-state index contributed by atoms with van der Waals surface area (Å²) in [4.78, 5) is 12.7. The second-order valence-electron chi connectivity index (χ2n) is 5.40. The molecule has 0 radical (unpaired) electrons. The molecule has 0 saturated heterocycles. The van der Waals surface area contributed by atoms with Crippen molar-refractivity contribution in [1.29, 1.82) is 0 Å². The van der Waals surface area contributed by atoms with Gasteiger partial charge in [-0.2, -0.15) is 0 Å². The number of pyridine rings is 1. The van der Waals surface area contributed by atoms with E-state index in [1.165, 1.54) is 5.56 Å². The number of hydrazine groups is 1. The third-order valence-electron chi connectivity index (χ3n) is 3.75. The molecule has 0 fully saturated rings. The molecule has 0 aliphatic rings. The molecule has 3 rings (SSSR count). The van der Waals surface area contributed by atoms with E-state index in [0.29, 0.717) is 11.6 Å². The normalized spacial score (nSPS) is 10.0. The quantitative estimate of drug-likeness (QED) is 0.418. The van der Waals surface area contributed by atoms with Crippen molar-refractivity contribution in [3.8, 4) is 0 Å². The van der Waals surface area contributed by atoms with Gasteiger partial charge in [-0.1, -0.05) is 42.8 Å². The first-order valence-electron chi connectivity index (χ1n) is 7.81. The lowest BCUT2D eigenvalue weighted by Crippen LogP contribution is -2.30. The number of anilines is 1. The second-order valence-corrected chi connectivity index (χ2v) is 5.83. The van der Waals surface area contributed by atoms with Gasteiger partial charge in [-0.15, -0.1) is 0 Å². The van der Waals surface area contributed by atoms with Crippen LogP contribution >= 0.6 is 11.6 Å². The SMILES string of the molecule is CCc1ccccc1N(N)Cc1ccc2ncc(Cl)cc2c1.O=CO. The molecular formula is C19H20ClN3O2. The minimum Gasteiger partial charge on any atom is -0.483 e. The van der Waals surface area contributed by atoms with Crippen LogP contribution in [0.2, 0.25) is 5.02 Å². The van der Waals surface area contributed by atoms with E-state index in [-0.39, 0.29) is 6.47 Å². The van der Waals surface area contributed by atoms with Gasteiger partial charge in [-0.25, -0.2) is 5.84 Å².